The van der Waals surface area contributed by atoms with Gasteiger partial charge in [0.05, 0.1) is 12.5 Å². The van der Waals surface area contributed by atoms with E-state index < -0.39 is 0 Å². The molecule has 1 amide bonds. The molecule has 0 aromatic heterocycles. The Labute approximate surface area is 130 Å². The standard InChI is InChI=1S/C16H21ClN2O2/c17-13-4-1-5-15(9-13)19-7-6-14(10-19)18-16(20)12-3-2-8-21-11-12/h1,4-5,9,12,14H,2-3,6-8,10-11H2,(H,18,20)/t12-,14-/m0/s1. The average Bonchev–Trinajstić information content (AvgIpc) is 2.97. The molecule has 114 valence electrons. The number of nitrogens with one attached hydrogen (secondary N) is 1. The van der Waals surface area contributed by atoms with Gasteiger partial charge in [-0.2, -0.15) is 0 Å². The summed E-state index contributed by atoms with van der Waals surface area (Å²) in [5.41, 5.74) is 1.13. The van der Waals surface area contributed by atoms with E-state index in [1.165, 1.54) is 0 Å². The number of ether oxygens (including phenoxy) is 1. The SMILES string of the molecule is O=C(N[C@H]1CCN(c2cccc(Cl)c2)C1)[C@H]1CCCOC1. The summed E-state index contributed by atoms with van der Waals surface area (Å²) in [6.07, 6.45) is 2.90. The molecule has 2 aliphatic heterocycles. The van der Waals surface area contributed by atoms with Crippen LogP contribution in [0, 0.1) is 5.92 Å². The first-order chi connectivity index (χ1) is 10.2. The summed E-state index contributed by atoms with van der Waals surface area (Å²) < 4.78 is 5.39. The van der Waals surface area contributed by atoms with Crippen LogP contribution in [0.2, 0.25) is 5.02 Å². The summed E-state index contributed by atoms with van der Waals surface area (Å²) in [6, 6.07) is 8.09. The molecule has 2 fully saturated rings. The fourth-order valence-electron chi connectivity index (χ4n) is 3.05. The predicted octanol–water partition coefficient (Wildman–Crippen LogP) is 2.46. The summed E-state index contributed by atoms with van der Waals surface area (Å²) >= 11 is 6.04. The normalized spacial score (nSPS) is 25.9. The Kier molecular flexibility index (Phi) is 4.66. The third kappa shape index (κ3) is 3.69. The van der Waals surface area contributed by atoms with Crippen LogP contribution in [0.1, 0.15) is 19.3 Å². The second kappa shape index (κ2) is 6.67. The van der Waals surface area contributed by atoms with Gasteiger partial charge in [-0.05, 0) is 37.5 Å². The molecule has 2 aliphatic rings. The van der Waals surface area contributed by atoms with Crippen molar-refractivity contribution in [2.75, 3.05) is 31.2 Å². The lowest BCUT2D eigenvalue weighted by Gasteiger charge is -2.24. The first-order valence-corrected chi connectivity index (χ1v) is 7.99. The van der Waals surface area contributed by atoms with Crippen LogP contribution in [0.25, 0.3) is 0 Å². The third-order valence-corrected chi connectivity index (χ3v) is 4.47. The Morgan fingerprint density at radius 3 is 3.05 bits per heavy atom. The summed E-state index contributed by atoms with van der Waals surface area (Å²) in [6.45, 7) is 3.15. The fourth-order valence-corrected chi connectivity index (χ4v) is 3.24. The third-order valence-electron chi connectivity index (χ3n) is 4.24. The number of halogens is 1. The van der Waals surface area contributed by atoms with Crippen molar-refractivity contribution in [1.29, 1.82) is 0 Å². The van der Waals surface area contributed by atoms with Gasteiger partial charge in [0.15, 0.2) is 0 Å². The van der Waals surface area contributed by atoms with Crippen LogP contribution >= 0.6 is 11.6 Å². The minimum Gasteiger partial charge on any atom is -0.381 e. The second-order valence-electron chi connectivity index (χ2n) is 5.83. The number of hydrogen-bond acceptors (Lipinski definition) is 3. The minimum absolute atomic E-state index is 0.0268. The van der Waals surface area contributed by atoms with Crippen molar-refractivity contribution in [3.8, 4) is 0 Å². The summed E-state index contributed by atoms with van der Waals surface area (Å²) in [4.78, 5) is 14.5. The fraction of sp³-hybridized carbons (Fsp3) is 0.562. The monoisotopic (exact) mass is 308 g/mol. The van der Waals surface area contributed by atoms with Crippen molar-refractivity contribution >= 4 is 23.2 Å². The molecule has 2 saturated heterocycles. The Balaban J connectivity index is 1.53. The van der Waals surface area contributed by atoms with Gasteiger partial charge in [-0.25, -0.2) is 0 Å². The zero-order valence-corrected chi connectivity index (χ0v) is 12.8. The molecule has 5 heteroatoms. The maximum atomic E-state index is 12.2. The highest BCUT2D eigenvalue weighted by Crippen LogP contribution is 2.24. The second-order valence-corrected chi connectivity index (χ2v) is 6.27. The lowest BCUT2D eigenvalue weighted by atomic mass is 10.0. The number of carbonyl (C=O) groups excluding carboxylic acids is 1. The molecule has 0 spiro atoms. The van der Waals surface area contributed by atoms with E-state index in [2.05, 4.69) is 16.3 Å². The van der Waals surface area contributed by atoms with Gasteiger partial charge in [0, 0.05) is 36.4 Å². The minimum atomic E-state index is 0.0268. The van der Waals surface area contributed by atoms with Crippen LogP contribution in [0.3, 0.4) is 0 Å². The molecule has 0 saturated carbocycles. The van der Waals surface area contributed by atoms with Gasteiger partial charge < -0.3 is 15.0 Å². The highest BCUT2D eigenvalue weighted by Gasteiger charge is 2.28. The van der Waals surface area contributed by atoms with Crippen LogP contribution in [-0.2, 0) is 9.53 Å². The molecule has 2 atom stereocenters. The summed E-state index contributed by atoms with van der Waals surface area (Å²) in [7, 11) is 0. The smallest absolute Gasteiger partial charge is 0.225 e. The highest BCUT2D eigenvalue weighted by atomic mass is 35.5. The number of carbonyl (C=O) groups is 1. The van der Waals surface area contributed by atoms with Crippen molar-refractivity contribution in [2.24, 2.45) is 5.92 Å². The van der Waals surface area contributed by atoms with Crippen LogP contribution in [0.4, 0.5) is 5.69 Å². The first-order valence-electron chi connectivity index (χ1n) is 7.61. The molecule has 0 radical (unpaired) electrons. The van der Waals surface area contributed by atoms with Gasteiger partial charge in [0.2, 0.25) is 5.91 Å². The van der Waals surface area contributed by atoms with Gasteiger partial charge in [-0.3, -0.25) is 4.79 Å². The van der Waals surface area contributed by atoms with Crippen LogP contribution in [0.15, 0.2) is 24.3 Å². The van der Waals surface area contributed by atoms with Crippen molar-refractivity contribution in [1.82, 2.24) is 5.32 Å². The molecule has 1 N–H and O–H groups in total. The van der Waals surface area contributed by atoms with Gasteiger partial charge in [0.25, 0.3) is 0 Å². The van der Waals surface area contributed by atoms with E-state index >= 15 is 0 Å². The van der Waals surface area contributed by atoms with Gasteiger partial charge in [-0.1, -0.05) is 17.7 Å². The van der Waals surface area contributed by atoms with Crippen molar-refractivity contribution in [3.05, 3.63) is 29.3 Å². The Bertz CT molecular complexity index is 503. The van der Waals surface area contributed by atoms with E-state index in [0.29, 0.717) is 6.61 Å². The topological polar surface area (TPSA) is 41.6 Å². The number of anilines is 1. The van der Waals surface area contributed by atoms with Crippen molar-refractivity contribution in [2.45, 2.75) is 25.3 Å². The zero-order chi connectivity index (χ0) is 14.7. The molecule has 21 heavy (non-hydrogen) atoms. The van der Waals surface area contributed by atoms with E-state index in [9.17, 15) is 4.79 Å². The van der Waals surface area contributed by atoms with Crippen LogP contribution < -0.4 is 10.2 Å². The largest absolute Gasteiger partial charge is 0.381 e. The molecular weight excluding hydrogens is 288 g/mol. The summed E-state index contributed by atoms with van der Waals surface area (Å²) in [5.74, 6) is 0.173. The van der Waals surface area contributed by atoms with Gasteiger partial charge >= 0.3 is 0 Å². The molecule has 4 nitrogen and oxygen atoms in total. The molecule has 1 aromatic carbocycles. The lowest BCUT2D eigenvalue weighted by Crippen LogP contribution is -2.42. The molecule has 3 rings (SSSR count). The van der Waals surface area contributed by atoms with Crippen LogP contribution in [0.5, 0.6) is 0 Å². The number of hydrogen-bond donors (Lipinski definition) is 1. The Morgan fingerprint density at radius 2 is 2.29 bits per heavy atom. The summed E-state index contributed by atoms with van der Waals surface area (Å²) in [5, 5.41) is 3.92. The van der Waals surface area contributed by atoms with Crippen LogP contribution in [-0.4, -0.2) is 38.3 Å². The van der Waals surface area contributed by atoms with E-state index in [1.54, 1.807) is 0 Å². The Morgan fingerprint density at radius 1 is 1.38 bits per heavy atom. The van der Waals surface area contributed by atoms with Gasteiger partial charge in [0.1, 0.15) is 0 Å². The predicted molar refractivity (Wildman–Crippen MR) is 83.8 cm³/mol. The Hall–Kier alpha value is -1.26. The lowest BCUT2D eigenvalue weighted by molar-refractivity contribution is -0.129. The molecule has 0 aliphatic carbocycles. The first kappa shape index (κ1) is 14.7. The number of benzene rings is 1. The van der Waals surface area contributed by atoms with E-state index in [-0.39, 0.29) is 17.9 Å². The number of amides is 1. The molecule has 0 bridgehead atoms. The quantitative estimate of drug-likeness (QED) is 0.932. The average molecular weight is 309 g/mol. The van der Waals surface area contributed by atoms with E-state index in [0.717, 1.165) is 49.7 Å². The maximum absolute atomic E-state index is 12.2. The van der Waals surface area contributed by atoms with Crippen molar-refractivity contribution < 1.29 is 9.53 Å². The van der Waals surface area contributed by atoms with Gasteiger partial charge in [-0.15, -0.1) is 0 Å². The zero-order valence-electron chi connectivity index (χ0n) is 12.1. The molecule has 2 heterocycles. The number of nitrogens with zero attached hydrogens (tertiary/aromatic N) is 1. The molecular formula is C16H21ClN2O2. The maximum Gasteiger partial charge on any atom is 0.225 e. The van der Waals surface area contributed by atoms with E-state index in [1.807, 2.05) is 18.2 Å². The molecule has 1 aromatic rings. The number of rotatable bonds is 3. The molecule has 0 unspecified atom stereocenters. The van der Waals surface area contributed by atoms with Crippen molar-refractivity contribution in [3.63, 3.8) is 0 Å². The van der Waals surface area contributed by atoms with E-state index in [4.69, 9.17) is 16.3 Å². The highest BCUT2D eigenvalue weighted by molar-refractivity contribution is 6.30.